The van der Waals surface area contributed by atoms with Gasteiger partial charge in [0.15, 0.2) is 0 Å². The molecule has 0 atom stereocenters. The predicted molar refractivity (Wildman–Crippen MR) is 110 cm³/mol. The second-order valence-electron chi connectivity index (χ2n) is 7.31. The van der Waals surface area contributed by atoms with Crippen LogP contribution in [0.3, 0.4) is 0 Å². The number of anilines is 2. The highest BCUT2D eigenvalue weighted by atomic mass is 32.2. The Bertz CT molecular complexity index is 1030. The van der Waals surface area contributed by atoms with E-state index in [1.54, 1.807) is 0 Å². The minimum atomic E-state index is -4.01. The molecule has 2 N–H and O–H groups in total. The van der Waals surface area contributed by atoms with Gasteiger partial charge in [-0.1, -0.05) is 13.8 Å². The molecule has 1 aromatic heterocycles. The van der Waals surface area contributed by atoms with Crippen molar-refractivity contribution in [3.8, 4) is 0 Å². The zero-order chi connectivity index (χ0) is 21.3. The lowest BCUT2D eigenvalue weighted by atomic mass is 10.2. The number of sulfonamides is 1. The summed E-state index contributed by atoms with van der Waals surface area (Å²) in [5.74, 6) is 1.85. The highest BCUT2D eigenvalue weighted by molar-refractivity contribution is 7.89. The van der Waals surface area contributed by atoms with Crippen LogP contribution in [0.1, 0.15) is 31.3 Å². The molecule has 0 spiro atoms. The Morgan fingerprint density at radius 2 is 1.72 bits per heavy atom. The topological polar surface area (TPSA) is 136 Å². The van der Waals surface area contributed by atoms with Gasteiger partial charge in [0, 0.05) is 49.9 Å². The number of aryl methyl sites for hydroxylation is 1. The molecule has 29 heavy (non-hydrogen) atoms. The summed E-state index contributed by atoms with van der Waals surface area (Å²) in [5.41, 5.74) is 1.00. The molecule has 0 radical (unpaired) electrons. The minimum absolute atomic E-state index is 0.218. The van der Waals surface area contributed by atoms with Gasteiger partial charge < -0.3 is 9.80 Å². The maximum Gasteiger partial charge on any atom is 0.293 e. The third-order valence-electron chi connectivity index (χ3n) is 4.79. The van der Waals surface area contributed by atoms with E-state index in [0.29, 0.717) is 31.9 Å². The van der Waals surface area contributed by atoms with E-state index < -0.39 is 14.9 Å². The number of nitrogens with zero attached hydrogens (tertiary/aromatic N) is 5. The summed E-state index contributed by atoms with van der Waals surface area (Å²) in [6, 6.07) is 5.69. The molecular formula is C18H24N6O4S. The third-order valence-corrected chi connectivity index (χ3v) is 5.70. The van der Waals surface area contributed by atoms with E-state index in [0.717, 1.165) is 23.4 Å². The number of nitro benzene ring substituents is 1. The first-order valence-corrected chi connectivity index (χ1v) is 10.8. The van der Waals surface area contributed by atoms with E-state index in [2.05, 4.69) is 14.9 Å². The molecular weight excluding hydrogens is 396 g/mol. The van der Waals surface area contributed by atoms with Crippen LogP contribution in [0.2, 0.25) is 0 Å². The van der Waals surface area contributed by atoms with Crippen LogP contribution >= 0.6 is 0 Å². The molecule has 1 aliphatic rings. The Balaban J connectivity index is 1.82. The number of rotatable bonds is 5. The van der Waals surface area contributed by atoms with Gasteiger partial charge in [-0.25, -0.2) is 23.5 Å². The number of nitrogens with two attached hydrogens (primary N) is 1. The molecule has 156 valence electrons. The van der Waals surface area contributed by atoms with Gasteiger partial charge in [-0.2, -0.15) is 0 Å². The number of hydrogen-bond donors (Lipinski definition) is 1. The average molecular weight is 420 g/mol. The van der Waals surface area contributed by atoms with Gasteiger partial charge in [-0.15, -0.1) is 0 Å². The Labute approximate surface area is 169 Å². The molecule has 1 fully saturated rings. The first kappa shape index (κ1) is 20.9. The zero-order valence-electron chi connectivity index (χ0n) is 16.6. The van der Waals surface area contributed by atoms with Gasteiger partial charge in [0.25, 0.3) is 5.69 Å². The van der Waals surface area contributed by atoms with Gasteiger partial charge in [0.05, 0.1) is 9.82 Å². The summed E-state index contributed by atoms with van der Waals surface area (Å²) < 4.78 is 23.0. The highest BCUT2D eigenvalue weighted by Gasteiger charge is 2.26. The maximum absolute atomic E-state index is 11.5. The van der Waals surface area contributed by atoms with Crippen molar-refractivity contribution in [1.29, 1.82) is 0 Å². The third kappa shape index (κ3) is 4.62. The highest BCUT2D eigenvalue weighted by Crippen LogP contribution is 2.31. The molecule has 0 unspecified atom stereocenters. The second kappa shape index (κ2) is 7.91. The quantitative estimate of drug-likeness (QED) is 0.571. The van der Waals surface area contributed by atoms with Gasteiger partial charge in [0.2, 0.25) is 10.0 Å². The van der Waals surface area contributed by atoms with E-state index >= 15 is 0 Å². The fraction of sp³-hybridized carbons (Fsp3) is 0.444. The van der Waals surface area contributed by atoms with Crippen LogP contribution in [0.4, 0.5) is 17.2 Å². The molecule has 0 saturated carbocycles. The van der Waals surface area contributed by atoms with Crippen molar-refractivity contribution in [2.75, 3.05) is 36.0 Å². The number of primary sulfonamides is 1. The molecule has 11 heteroatoms. The van der Waals surface area contributed by atoms with E-state index in [4.69, 9.17) is 5.14 Å². The van der Waals surface area contributed by atoms with Crippen molar-refractivity contribution in [3.63, 3.8) is 0 Å². The Morgan fingerprint density at radius 1 is 1.10 bits per heavy atom. The standard InChI is InChI=1S/C18H24N6O4S/c1-12(2)18-20-13(3)10-17(21-18)23-8-6-22(7-9-23)15-5-4-14(29(19,27)28)11-16(15)24(25)26/h4-5,10-12H,6-9H2,1-3H3,(H2,19,27,28). The monoisotopic (exact) mass is 420 g/mol. The van der Waals surface area contributed by atoms with Crippen LogP contribution < -0.4 is 14.9 Å². The average Bonchev–Trinajstić information content (AvgIpc) is 2.66. The SMILES string of the molecule is Cc1cc(N2CCN(c3ccc(S(N)(=O)=O)cc3[N+](=O)[O-])CC2)nc(C(C)C)n1. The maximum atomic E-state index is 11.5. The van der Waals surface area contributed by atoms with Crippen LogP contribution in [-0.4, -0.2) is 49.5 Å². The molecule has 0 aliphatic carbocycles. The zero-order valence-corrected chi connectivity index (χ0v) is 17.4. The van der Waals surface area contributed by atoms with E-state index in [9.17, 15) is 18.5 Å². The molecule has 1 saturated heterocycles. The first-order valence-electron chi connectivity index (χ1n) is 9.23. The van der Waals surface area contributed by atoms with Crippen LogP contribution in [0, 0.1) is 17.0 Å². The summed E-state index contributed by atoms with van der Waals surface area (Å²) in [6.45, 7) is 8.35. The Morgan fingerprint density at radius 3 is 2.28 bits per heavy atom. The first-order chi connectivity index (χ1) is 13.6. The van der Waals surface area contributed by atoms with Crippen molar-refractivity contribution < 1.29 is 13.3 Å². The molecule has 10 nitrogen and oxygen atoms in total. The Hall–Kier alpha value is -2.79. The Kier molecular flexibility index (Phi) is 5.71. The smallest absolute Gasteiger partial charge is 0.293 e. The van der Waals surface area contributed by atoms with Gasteiger partial charge >= 0.3 is 0 Å². The van der Waals surface area contributed by atoms with Crippen molar-refractivity contribution in [1.82, 2.24) is 9.97 Å². The molecule has 2 aromatic rings. The van der Waals surface area contributed by atoms with E-state index in [1.807, 2.05) is 31.7 Å². The molecule has 1 aromatic carbocycles. The second-order valence-corrected chi connectivity index (χ2v) is 8.87. The lowest BCUT2D eigenvalue weighted by Crippen LogP contribution is -2.47. The fourth-order valence-corrected chi connectivity index (χ4v) is 3.80. The minimum Gasteiger partial charge on any atom is -0.362 e. The molecule has 2 heterocycles. The number of aromatic nitrogens is 2. The van der Waals surface area contributed by atoms with Crippen LogP contribution in [0.15, 0.2) is 29.2 Å². The van der Waals surface area contributed by atoms with E-state index in [1.165, 1.54) is 12.1 Å². The molecule has 0 bridgehead atoms. The van der Waals surface area contributed by atoms with Gasteiger partial charge in [-0.3, -0.25) is 10.1 Å². The summed E-state index contributed by atoms with van der Waals surface area (Å²) in [7, 11) is -4.01. The molecule has 0 amide bonds. The number of benzene rings is 1. The predicted octanol–water partition coefficient (Wildman–Crippen LogP) is 1.79. The summed E-state index contributed by atoms with van der Waals surface area (Å²) in [6.07, 6.45) is 0. The fourth-order valence-electron chi connectivity index (χ4n) is 3.26. The largest absolute Gasteiger partial charge is 0.362 e. The van der Waals surface area contributed by atoms with Crippen molar-refractivity contribution in [2.45, 2.75) is 31.6 Å². The van der Waals surface area contributed by atoms with Crippen molar-refractivity contribution in [2.24, 2.45) is 5.14 Å². The molecule has 1 aliphatic heterocycles. The van der Waals surface area contributed by atoms with Crippen LogP contribution in [0.5, 0.6) is 0 Å². The lowest BCUT2D eigenvalue weighted by Gasteiger charge is -2.36. The molecule has 3 rings (SSSR count). The van der Waals surface area contributed by atoms with Crippen molar-refractivity contribution >= 4 is 27.2 Å². The normalized spacial score (nSPS) is 15.1. The number of hydrogen-bond acceptors (Lipinski definition) is 8. The summed E-state index contributed by atoms with van der Waals surface area (Å²) in [4.78, 5) is 23.7. The summed E-state index contributed by atoms with van der Waals surface area (Å²) in [5, 5.41) is 16.6. The summed E-state index contributed by atoms with van der Waals surface area (Å²) >= 11 is 0. The lowest BCUT2D eigenvalue weighted by molar-refractivity contribution is -0.384. The van der Waals surface area contributed by atoms with Gasteiger partial charge in [-0.05, 0) is 19.1 Å². The van der Waals surface area contributed by atoms with Crippen LogP contribution in [0.25, 0.3) is 0 Å². The van der Waals surface area contributed by atoms with Crippen molar-refractivity contribution in [3.05, 3.63) is 45.9 Å². The van der Waals surface area contributed by atoms with E-state index in [-0.39, 0.29) is 16.5 Å². The van der Waals surface area contributed by atoms with Gasteiger partial charge in [0.1, 0.15) is 17.3 Å². The number of nitro groups is 1. The number of piperazine rings is 1. The van der Waals surface area contributed by atoms with Crippen LogP contribution in [-0.2, 0) is 10.0 Å².